The minimum Gasteiger partial charge on any atom is -0.480 e. The Morgan fingerprint density at radius 3 is 2.00 bits per heavy atom. The molecule has 0 unspecified atom stereocenters. The van der Waals surface area contributed by atoms with Crippen LogP contribution in [-0.4, -0.2) is 120 Å². The van der Waals surface area contributed by atoms with Crippen LogP contribution in [0.15, 0.2) is 60.7 Å². The molecule has 16 heteroatoms. The van der Waals surface area contributed by atoms with Crippen molar-refractivity contribution in [3.63, 3.8) is 0 Å². The molecule has 0 radical (unpaired) electrons. The molecule has 3 heterocycles. The third-order valence-corrected chi connectivity index (χ3v) is 10.7. The first kappa shape index (κ1) is 41.4. The lowest BCUT2D eigenvalue weighted by Crippen LogP contribution is -2.55. The highest BCUT2D eigenvalue weighted by atomic mass is 16.5. The van der Waals surface area contributed by atoms with Crippen LogP contribution < -0.4 is 21.3 Å². The molecule has 5 N–H and O–H groups in total. The number of carbonyl (C=O) groups is 8. The van der Waals surface area contributed by atoms with Gasteiger partial charge in [0.25, 0.3) is 0 Å². The van der Waals surface area contributed by atoms with Crippen LogP contribution in [0.5, 0.6) is 0 Å². The van der Waals surface area contributed by atoms with E-state index in [1.165, 1.54) is 10.5 Å². The zero-order valence-electron chi connectivity index (χ0n) is 31.4. The van der Waals surface area contributed by atoms with E-state index in [-0.39, 0.29) is 32.2 Å². The number of nitrogens with one attached hydrogen (secondary N) is 4. The summed E-state index contributed by atoms with van der Waals surface area (Å²) in [5.41, 5.74) is 1.84. The fourth-order valence-electron chi connectivity index (χ4n) is 7.52. The second-order valence-electron chi connectivity index (χ2n) is 14.5. The number of likely N-dealkylation sites (tertiary alicyclic amines) is 1. The van der Waals surface area contributed by atoms with Gasteiger partial charge in [-0.2, -0.15) is 0 Å². The molecule has 0 saturated carbocycles. The van der Waals surface area contributed by atoms with Crippen molar-refractivity contribution in [2.24, 2.45) is 11.8 Å². The summed E-state index contributed by atoms with van der Waals surface area (Å²) in [4.78, 5) is 110. The van der Waals surface area contributed by atoms with Crippen LogP contribution in [0.25, 0.3) is 0 Å². The fourth-order valence-corrected chi connectivity index (χ4v) is 7.52. The lowest BCUT2D eigenvalue weighted by molar-refractivity contribution is -0.149. The summed E-state index contributed by atoms with van der Waals surface area (Å²) in [5.74, 6) is -7.85. The molecule has 3 saturated heterocycles. The standard InChI is InChI=1S/C40H50N6O10/c1-56-40(55)29-14-15-34(48)46-18-8-13-32(46)37(51)44-31(39(53)54)23-33(47)42-30(22-26-11-6-3-7-12-26)36(50)41-24-28(35(49)43-29)38(52)45-19-16-27(17-20-45)21-25-9-4-2-5-10-25/h2-7,9-12,27-32H,8,13-24H2,1H3,(H,41,50)(H,42,47)(H,43,49)(H,44,51)(H,53,54)/t28-,29-,30+,31-,32+/m1/s1. The number of benzene rings is 2. The molecule has 0 aliphatic carbocycles. The van der Waals surface area contributed by atoms with Gasteiger partial charge < -0.3 is 40.9 Å². The maximum Gasteiger partial charge on any atom is 0.328 e. The number of nitrogens with zero attached hydrogens (tertiary/aromatic N) is 2. The normalized spacial score (nSPS) is 24.9. The molecule has 6 amide bonds. The summed E-state index contributed by atoms with van der Waals surface area (Å²) in [6.07, 6.45) is 1.64. The average molecular weight is 775 g/mol. The van der Waals surface area contributed by atoms with Gasteiger partial charge >= 0.3 is 11.9 Å². The van der Waals surface area contributed by atoms with Crippen LogP contribution in [0, 0.1) is 11.8 Å². The molecule has 2 aromatic carbocycles. The van der Waals surface area contributed by atoms with Gasteiger partial charge in [0.05, 0.1) is 13.5 Å². The molecule has 16 nitrogen and oxygen atoms in total. The molecular formula is C40H50N6O10. The second-order valence-corrected chi connectivity index (χ2v) is 14.5. The molecule has 56 heavy (non-hydrogen) atoms. The molecule has 5 rings (SSSR count). The first-order valence-corrected chi connectivity index (χ1v) is 19.1. The van der Waals surface area contributed by atoms with Gasteiger partial charge in [-0.05, 0) is 55.6 Å². The van der Waals surface area contributed by atoms with Crippen LogP contribution in [0.3, 0.4) is 0 Å². The van der Waals surface area contributed by atoms with Crippen LogP contribution in [-0.2, 0) is 55.9 Å². The van der Waals surface area contributed by atoms with Crippen LogP contribution in [0.2, 0.25) is 0 Å². The van der Waals surface area contributed by atoms with E-state index < -0.39 is 90.4 Å². The number of aliphatic carboxylic acids is 1. The van der Waals surface area contributed by atoms with E-state index in [1.807, 2.05) is 18.2 Å². The Hall–Kier alpha value is -5.80. The number of piperidine rings is 1. The second kappa shape index (κ2) is 19.7. The molecule has 0 spiro atoms. The SMILES string of the molecule is COC(=O)[C@H]1CCC(=O)N2CCC[C@H]2C(=O)N[C@@H](C(=O)O)CC(=O)N[C@@H](Cc2ccccc2)C(=O)NC[C@@H](C(=O)N2CCC(Cc3ccccc3)CC2)C(=O)N1. The maximum absolute atomic E-state index is 14.1. The minimum atomic E-state index is -1.67. The number of amides is 6. The van der Waals surface area contributed by atoms with Crippen molar-refractivity contribution in [2.75, 3.05) is 33.3 Å². The number of hydrogen-bond acceptors (Lipinski definition) is 9. The molecule has 5 atom stereocenters. The van der Waals surface area contributed by atoms with Gasteiger partial charge in [0.15, 0.2) is 0 Å². The summed E-state index contributed by atoms with van der Waals surface area (Å²) in [6.45, 7) is 0.428. The monoisotopic (exact) mass is 774 g/mol. The summed E-state index contributed by atoms with van der Waals surface area (Å²) >= 11 is 0. The summed E-state index contributed by atoms with van der Waals surface area (Å²) in [6, 6.07) is 13.4. The topological polar surface area (TPSA) is 221 Å². The molecule has 3 fully saturated rings. The van der Waals surface area contributed by atoms with Crippen LogP contribution in [0.4, 0.5) is 0 Å². The molecular weight excluding hydrogens is 724 g/mol. The average Bonchev–Trinajstić information content (AvgIpc) is 3.70. The molecule has 3 aliphatic heterocycles. The van der Waals surface area contributed by atoms with Crippen molar-refractivity contribution in [3.05, 3.63) is 71.8 Å². The number of esters is 1. The first-order chi connectivity index (χ1) is 26.9. The van der Waals surface area contributed by atoms with E-state index in [9.17, 15) is 43.5 Å². The fraction of sp³-hybridized carbons (Fsp3) is 0.500. The van der Waals surface area contributed by atoms with Crippen molar-refractivity contribution >= 4 is 47.4 Å². The largest absolute Gasteiger partial charge is 0.480 e. The van der Waals surface area contributed by atoms with E-state index in [0.717, 1.165) is 13.5 Å². The van der Waals surface area contributed by atoms with Gasteiger partial charge in [-0.25, -0.2) is 9.59 Å². The van der Waals surface area contributed by atoms with Crippen molar-refractivity contribution in [1.82, 2.24) is 31.1 Å². The van der Waals surface area contributed by atoms with Crippen LogP contribution >= 0.6 is 0 Å². The Morgan fingerprint density at radius 1 is 0.750 bits per heavy atom. The predicted octanol–water partition coefficient (Wildman–Crippen LogP) is 0.330. The summed E-state index contributed by atoms with van der Waals surface area (Å²) in [5, 5.41) is 20.1. The van der Waals surface area contributed by atoms with Crippen LogP contribution in [0.1, 0.15) is 56.1 Å². The highest BCUT2D eigenvalue weighted by Gasteiger charge is 2.39. The Balaban J connectivity index is 1.41. The zero-order chi connectivity index (χ0) is 40.2. The van der Waals surface area contributed by atoms with E-state index in [2.05, 4.69) is 33.4 Å². The van der Waals surface area contributed by atoms with Crippen molar-refractivity contribution in [1.29, 1.82) is 0 Å². The number of carboxylic acid groups (broad SMARTS) is 1. The number of carboxylic acids is 1. The smallest absolute Gasteiger partial charge is 0.328 e. The number of hydrogen-bond donors (Lipinski definition) is 5. The first-order valence-electron chi connectivity index (χ1n) is 19.1. The molecule has 300 valence electrons. The molecule has 0 aromatic heterocycles. The predicted molar refractivity (Wildman–Crippen MR) is 200 cm³/mol. The van der Waals surface area contributed by atoms with Gasteiger partial charge in [-0.15, -0.1) is 0 Å². The number of rotatable bonds is 7. The van der Waals surface area contributed by atoms with Crippen molar-refractivity contribution < 1.29 is 48.2 Å². The summed E-state index contributed by atoms with van der Waals surface area (Å²) in [7, 11) is 1.12. The Labute approximate surface area is 325 Å². The third kappa shape index (κ3) is 11.1. The Kier molecular flexibility index (Phi) is 14.5. The highest BCUT2D eigenvalue weighted by molar-refractivity contribution is 6.02. The van der Waals surface area contributed by atoms with Gasteiger partial charge in [0.2, 0.25) is 35.4 Å². The van der Waals surface area contributed by atoms with E-state index in [4.69, 9.17) is 4.74 Å². The maximum atomic E-state index is 14.1. The van der Waals surface area contributed by atoms with Gasteiger partial charge in [-0.1, -0.05) is 60.7 Å². The molecule has 3 aliphatic rings. The summed E-state index contributed by atoms with van der Waals surface area (Å²) < 4.78 is 4.93. The number of ether oxygens (including phenoxy) is 1. The number of methoxy groups -OCH3 is 1. The third-order valence-electron chi connectivity index (χ3n) is 10.7. The highest BCUT2D eigenvalue weighted by Crippen LogP contribution is 2.24. The lowest BCUT2D eigenvalue weighted by atomic mass is 9.89. The Bertz CT molecular complexity index is 1750. The van der Waals surface area contributed by atoms with Gasteiger partial charge in [-0.3, -0.25) is 28.8 Å². The van der Waals surface area contributed by atoms with Gasteiger partial charge in [0.1, 0.15) is 30.1 Å². The van der Waals surface area contributed by atoms with E-state index in [1.54, 1.807) is 35.2 Å². The van der Waals surface area contributed by atoms with Crippen molar-refractivity contribution in [3.8, 4) is 0 Å². The Morgan fingerprint density at radius 2 is 1.38 bits per heavy atom. The van der Waals surface area contributed by atoms with Gasteiger partial charge in [0, 0.05) is 39.0 Å². The number of fused-ring (bicyclic) bond motifs is 1. The number of carbonyl (C=O) groups excluding carboxylic acids is 7. The van der Waals surface area contributed by atoms with Crippen molar-refractivity contribution in [2.45, 2.75) is 82.0 Å². The van der Waals surface area contributed by atoms with E-state index >= 15 is 0 Å². The quantitative estimate of drug-likeness (QED) is 0.192. The van der Waals surface area contributed by atoms with E-state index in [0.29, 0.717) is 43.8 Å². The zero-order valence-corrected chi connectivity index (χ0v) is 31.4. The molecule has 2 aromatic rings. The lowest BCUT2D eigenvalue weighted by Gasteiger charge is -2.34. The molecule has 0 bridgehead atoms. The minimum absolute atomic E-state index is 0.0220.